The molecule has 18 heteroatoms. The summed E-state index contributed by atoms with van der Waals surface area (Å²) in [5.74, 6) is -13.9. The van der Waals surface area contributed by atoms with Crippen LogP contribution in [0.4, 0.5) is 0 Å². The fraction of sp³-hybridized carbons (Fsp3) is 0.189. The van der Waals surface area contributed by atoms with E-state index in [1.807, 2.05) is 0 Å². The van der Waals surface area contributed by atoms with E-state index in [0.717, 1.165) is 54.6 Å². The molecule has 3 aromatic carbocycles. The van der Waals surface area contributed by atoms with Crippen LogP contribution < -0.4 is 0 Å². The Hall–Kier alpha value is -7.50. The quantitative estimate of drug-likeness (QED) is 0.0450. The zero-order valence-electron chi connectivity index (χ0n) is 28.7. The predicted molar refractivity (Wildman–Crippen MR) is 186 cm³/mol. The van der Waals surface area contributed by atoms with Crippen LogP contribution in [0.15, 0.2) is 72.8 Å². The van der Waals surface area contributed by atoms with E-state index in [1.165, 1.54) is 32.0 Å². The number of carboxylic acids is 2. The number of esters is 4. The molecule has 0 aromatic heterocycles. The van der Waals surface area contributed by atoms with E-state index < -0.39 is 101 Å². The van der Waals surface area contributed by atoms with Crippen molar-refractivity contribution in [2.45, 2.75) is 38.3 Å². The molecule has 55 heavy (non-hydrogen) atoms. The molecule has 0 amide bonds. The number of carboxylic acid groups (broad SMARTS) is 2. The summed E-state index contributed by atoms with van der Waals surface area (Å²) in [6.07, 6.45) is -5.47. The third-order valence-corrected chi connectivity index (χ3v) is 7.10. The van der Waals surface area contributed by atoms with Gasteiger partial charge < -0.3 is 59.8 Å². The van der Waals surface area contributed by atoms with E-state index in [9.17, 15) is 69.6 Å². The molecule has 3 rings (SSSR count). The third-order valence-electron chi connectivity index (χ3n) is 7.10. The van der Waals surface area contributed by atoms with Gasteiger partial charge in [-0.15, -0.1) is 0 Å². The molecule has 0 spiro atoms. The summed E-state index contributed by atoms with van der Waals surface area (Å²) in [6, 6.07) is 10.0. The molecule has 0 bridgehead atoms. The predicted octanol–water partition coefficient (Wildman–Crippen LogP) is 2.83. The molecule has 8 N–H and O–H groups in total. The van der Waals surface area contributed by atoms with Crippen LogP contribution >= 0.6 is 0 Å². The molecule has 0 unspecified atom stereocenters. The summed E-state index contributed by atoms with van der Waals surface area (Å²) in [6.45, 7) is 2.62. The number of benzene rings is 3. The Kier molecular flexibility index (Phi) is 14.4. The lowest BCUT2D eigenvalue weighted by molar-refractivity contribution is -0.205. The van der Waals surface area contributed by atoms with Crippen molar-refractivity contribution < 1.29 is 88.6 Å². The van der Waals surface area contributed by atoms with E-state index in [0.29, 0.717) is 18.2 Å². The van der Waals surface area contributed by atoms with E-state index in [4.69, 9.17) is 18.9 Å². The number of ether oxygens (including phenoxy) is 4. The summed E-state index contributed by atoms with van der Waals surface area (Å²) in [4.78, 5) is 77.1. The molecule has 0 saturated carbocycles. The Morgan fingerprint density at radius 1 is 0.473 bits per heavy atom. The smallest absolute Gasteiger partial charge is 0.349 e. The van der Waals surface area contributed by atoms with Gasteiger partial charge in [-0.05, 0) is 71.3 Å². The summed E-state index contributed by atoms with van der Waals surface area (Å²) >= 11 is 0. The van der Waals surface area contributed by atoms with Crippen LogP contribution in [0.2, 0.25) is 0 Å². The summed E-state index contributed by atoms with van der Waals surface area (Å²) in [7, 11) is 0. The number of rotatable bonds is 16. The fourth-order valence-corrected chi connectivity index (χ4v) is 4.32. The highest BCUT2D eigenvalue weighted by atomic mass is 16.6. The topological polar surface area (TPSA) is 301 Å². The Bertz CT molecular complexity index is 2030. The first-order valence-electron chi connectivity index (χ1n) is 15.7. The maximum absolute atomic E-state index is 13.2. The lowest BCUT2D eigenvalue weighted by atomic mass is 10.0. The first kappa shape index (κ1) is 41.9. The van der Waals surface area contributed by atoms with E-state index in [2.05, 4.69) is 0 Å². The lowest BCUT2D eigenvalue weighted by Gasteiger charge is -2.32. The minimum absolute atomic E-state index is 0.0954. The van der Waals surface area contributed by atoms with Crippen LogP contribution in [0.5, 0.6) is 34.5 Å². The monoisotopic (exact) mass is 766 g/mol. The second kappa shape index (κ2) is 18.8. The number of hydrogen-bond acceptors (Lipinski definition) is 16. The standard InChI is InChI=1S/C37H34O18/c1-18(2)37(51)55-34(36(49)50)32(53-29(45)13-7-20-4-10-23(39)26(42)16-20)31(52-28(44)12-6-19-3-9-22(38)25(41)15-19)33(35(47)48)54-30(46)14-8-21-5-11-24(40)27(43)17-21/h3-18,31-34,38-43H,1-2H3,(H,47,48)(H,49,50)/b12-6+,13-7+,14-8+/t31-,32-,33-,34-/m0/s1. The first-order chi connectivity index (χ1) is 25.9. The van der Waals surface area contributed by atoms with E-state index >= 15 is 0 Å². The van der Waals surface area contributed by atoms with Gasteiger partial charge in [0, 0.05) is 18.2 Å². The molecule has 0 heterocycles. The van der Waals surface area contributed by atoms with Crippen LogP contribution in [0.25, 0.3) is 18.2 Å². The Morgan fingerprint density at radius 2 is 0.782 bits per heavy atom. The average Bonchev–Trinajstić information content (AvgIpc) is 3.12. The second-order valence-corrected chi connectivity index (χ2v) is 11.6. The molecule has 4 atom stereocenters. The van der Waals surface area contributed by atoms with Crippen LogP contribution in [0.1, 0.15) is 30.5 Å². The minimum atomic E-state index is -2.70. The molecule has 18 nitrogen and oxygen atoms in total. The number of aliphatic carboxylic acids is 2. The number of carbonyl (C=O) groups excluding carboxylic acids is 4. The van der Waals surface area contributed by atoms with Crippen molar-refractivity contribution in [2.24, 2.45) is 5.92 Å². The fourth-order valence-electron chi connectivity index (χ4n) is 4.32. The van der Waals surface area contributed by atoms with Gasteiger partial charge in [0.05, 0.1) is 5.92 Å². The first-order valence-corrected chi connectivity index (χ1v) is 15.7. The van der Waals surface area contributed by atoms with Crippen molar-refractivity contribution in [1.82, 2.24) is 0 Å². The Balaban J connectivity index is 2.12. The minimum Gasteiger partial charge on any atom is -0.504 e. The van der Waals surface area contributed by atoms with Gasteiger partial charge in [-0.25, -0.2) is 24.0 Å². The van der Waals surface area contributed by atoms with Crippen LogP contribution in [-0.4, -0.2) is 101 Å². The van der Waals surface area contributed by atoms with E-state index in [1.54, 1.807) is 0 Å². The maximum Gasteiger partial charge on any atom is 0.349 e. The number of phenolic OH excluding ortho intramolecular Hbond substituents is 6. The highest BCUT2D eigenvalue weighted by Crippen LogP contribution is 2.28. The molecular formula is C37H34O18. The molecule has 0 radical (unpaired) electrons. The second-order valence-electron chi connectivity index (χ2n) is 11.6. The number of carbonyl (C=O) groups is 6. The van der Waals surface area contributed by atoms with Gasteiger partial charge in [0.15, 0.2) is 46.7 Å². The van der Waals surface area contributed by atoms with Gasteiger partial charge in [0.25, 0.3) is 0 Å². The van der Waals surface area contributed by atoms with Crippen molar-refractivity contribution in [3.63, 3.8) is 0 Å². The van der Waals surface area contributed by atoms with Gasteiger partial charge in [-0.2, -0.15) is 0 Å². The molecular weight excluding hydrogens is 732 g/mol. The molecule has 290 valence electrons. The van der Waals surface area contributed by atoms with Gasteiger partial charge >= 0.3 is 35.8 Å². The summed E-state index contributed by atoms with van der Waals surface area (Å²) in [5.41, 5.74) is 0.307. The van der Waals surface area contributed by atoms with Gasteiger partial charge in [-0.3, -0.25) is 4.79 Å². The van der Waals surface area contributed by atoms with Crippen molar-refractivity contribution in [1.29, 1.82) is 0 Å². The highest BCUT2D eigenvalue weighted by Gasteiger charge is 2.50. The molecule has 0 fully saturated rings. The van der Waals surface area contributed by atoms with Crippen molar-refractivity contribution in [3.8, 4) is 34.5 Å². The third kappa shape index (κ3) is 12.3. The largest absolute Gasteiger partial charge is 0.504 e. The molecule has 3 aromatic rings. The Labute approximate surface area is 310 Å². The van der Waals surface area contributed by atoms with Crippen molar-refractivity contribution in [2.75, 3.05) is 0 Å². The van der Waals surface area contributed by atoms with Crippen LogP contribution in [-0.2, 0) is 47.7 Å². The molecule has 0 aliphatic heterocycles. The Morgan fingerprint density at radius 3 is 1.07 bits per heavy atom. The van der Waals surface area contributed by atoms with Gasteiger partial charge in [0.2, 0.25) is 12.2 Å². The van der Waals surface area contributed by atoms with Gasteiger partial charge in [0.1, 0.15) is 0 Å². The lowest BCUT2D eigenvalue weighted by Crippen LogP contribution is -2.56. The summed E-state index contributed by atoms with van der Waals surface area (Å²) in [5, 5.41) is 78.3. The average molecular weight is 767 g/mol. The number of aromatic hydroxyl groups is 6. The zero-order valence-corrected chi connectivity index (χ0v) is 28.7. The van der Waals surface area contributed by atoms with Crippen LogP contribution in [0, 0.1) is 5.92 Å². The van der Waals surface area contributed by atoms with Crippen molar-refractivity contribution >= 4 is 54.0 Å². The van der Waals surface area contributed by atoms with E-state index in [-0.39, 0.29) is 16.7 Å². The number of hydrogen-bond donors (Lipinski definition) is 8. The zero-order chi connectivity index (χ0) is 41.0. The molecule has 0 saturated heterocycles. The van der Waals surface area contributed by atoms with Crippen molar-refractivity contribution in [3.05, 3.63) is 89.5 Å². The molecule has 0 aliphatic carbocycles. The van der Waals surface area contributed by atoms with Crippen LogP contribution in [0.3, 0.4) is 0 Å². The SMILES string of the molecule is CC(C)C(=O)O[C@H](C(=O)O)[C@@H](OC(=O)/C=C/c1ccc(O)c(O)c1)[C@H](OC(=O)/C=C/c1ccc(O)c(O)c1)[C@H](OC(=O)/C=C/c1ccc(O)c(O)c1)C(=O)O. The number of phenols is 6. The molecule has 0 aliphatic rings. The maximum atomic E-state index is 13.2. The normalized spacial score (nSPS) is 13.6. The van der Waals surface area contributed by atoms with Gasteiger partial charge in [-0.1, -0.05) is 32.0 Å². The summed E-state index contributed by atoms with van der Waals surface area (Å²) < 4.78 is 20.6. The highest BCUT2D eigenvalue weighted by molar-refractivity contribution is 5.91.